The van der Waals surface area contributed by atoms with Gasteiger partial charge in [0.2, 0.25) is 11.8 Å². The number of H-pyrrole nitrogens is 1. The van der Waals surface area contributed by atoms with Gasteiger partial charge >= 0.3 is 0 Å². The summed E-state index contributed by atoms with van der Waals surface area (Å²) in [5.74, 6) is 1.88. The molecule has 5 heteroatoms. The molecular weight excluding hydrogens is 368 g/mol. The molecule has 0 spiro atoms. The van der Waals surface area contributed by atoms with E-state index in [0.717, 1.165) is 29.1 Å². The molecule has 2 amide bonds. The maximum atomic E-state index is 13.5. The number of anilines is 1. The summed E-state index contributed by atoms with van der Waals surface area (Å²) >= 11 is 1.92. The van der Waals surface area contributed by atoms with Gasteiger partial charge in [0, 0.05) is 16.6 Å². The van der Waals surface area contributed by atoms with Gasteiger partial charge in [0.25, 0.3) is 0 Å². The fraction of sp³-hybridized carbons (Fsp3) is 0.304. The van der Waals surface area contributed by atoms with Crippen molar-refractivity contribution >= 4 is 40.2 Å². The predicted octanol–water partition coefficient (Wildman–Crippen LogP) is 4.29. The first-order valence-corrected chi connectivity index (χ1v) is 11.0. The zero-order chi connectivity index (χ0) is 18.8. The lowest BCUT2D eigenvalue weighted by molar-refractivity contribution is -0.123. The van der Waals surface area contributed by atoms with E-state index in [0.29, 0.717) is 11.6 Å². The number of aromatic nitrogens is 1. The minimum atomic E-state index is -0.393. The summed E-state index contributed by atoms with van der Waals surface area (Å²) in [5.41, 5.74) is 4.03. The molecule has 2 aromatic carbocycles. The highest BCUT2D eigenvalue weighted by atomic mass is 32.2. The molecule has 1 aromatic heterocycles. The molecule has 28 heavy (non-hydrogen) atoms. The quantitative estimate of drug-likeness (QED) is 0.633. The Balaban J connectivity index is 1.58. The third kappa shape index (κ3) is 2.08. The molecule has 3 aromatic rings. The van der Waals surface area contributed by atoms with E-state index in [2.05, 4.69) is 23.2 Å². The van der Waals surface area contributed by atoms with E-state index in [9.17, 15) is 9.59 Å². The second kappa shape index (κ2) is 5.98. The topological polar surface area (TPSA) is 53.2 Å². The largest absolute Gasteiger partial charge is 0.357 e. The molecule has 0 radical (unpaired) electrons. The first-order valence-electron chi connectivity index (χ1n) is 9.87. The monoisotopic (exact) mass is 388 g/mol. The van der Waals surface area contributed by atoms with Gasteiger partial charge in [-0.05, 0) is 53.5 Å². The predicted molar refractivity (Wildman–Crippen MR) is 112 cm³/mol. The Bertz CT molecular complexity index is 1110. The number of benzene rings is 2. The third-order valence-corrected chi connectivity index (χ3v) is 7.83. The standard InChI is InChI=1S/C23H20N2O2S/c26-22-19-16-12-28-11-10-14(16)18-15-8-4-5-9-17(15)24-21(18)20(19)23(27)25(22)13-6-2-1-3-7-13/h1-9,14,16,19-20,24H,10-12H2. The molecule has 4 unspecified atom stereocenters. The summed E-state index contributed by atoms with van der Waals surface area (Å²) in [5, 5.41) is 1.22. The van der Waals surface area contributed by atoms with Crippen LogP contribution in [0.3, 0.4) is 0 Å². The minimum absolute atomic E-state index is 0.0250. The molecular formula is C23H20N2O2S. The van der Waals surface area contributed by atoms with Crippen molar-refractivity contribution in [1.82, 2.24) is 4.98 Å². The van der Waals surface area contributed by atoms with Crippen LogP contribution in [-0.2, 0) is 9.59 Å². The highest BCUT2D eigenvalue weighted by molar-refractivity contribution is 7.99. The molecule has 0 saturated carbocycles. The van der Waals surface area contributed by atoms with Crippen LogP contribution in [0, 0.1) is 11.8 Å². The Morgan fingerprint density at radius 3 is 2.61 bits per heavy atom. The molecule has 6 rings (SSSR count). The van der Waals surface area contributed by atoms with Crippen LogP contribution in [-0.4, -0.2) is 28.3 Å². The van der Waals surface area contributed by atoms with E-state index >= 15 is 0 Å². The van der Waals surface area contributed by atoms with Gasteiger partial charge in [0.1, 0.15) is 0 Å². The molecule has 4 nitrogen and oxygen atoms in total. The molecule has 1 aliphatic carbocycles. The van der Waals surface area contributed by atoms with E-state index < -0.39 is 5.92 Å². The van der Waals surface area contributed by atoms with Gasteiger partial charge in [-0.2, -0.15) is 11.8 Å². The van der Waals surface area contributed by atoms with Crippen molar-refractivity contribution in [3.05, 3.63) is 65.9 Å². The zero-order valence-corrected chi connectivity index (χ0v) is 16.1. The number of para-hydroxylation sites is 2. The summed E-state index contributed by atoms with van der Waals surface area (Å²) in [6, 6.07) is 17.7. The van der Waals surface area contributed by atoms with Gasteiger partial charge in [0.15, 0.2) is 0 Å². The van der Waals surface area contributed by atoms with Gasteiger partial charge in [0.05, 0.1) is 17.5 Å². The Morgan fingerprint density at radius 1 is 0.964 bits per heavy atom. The van der Waals surface area contributed by atoms with Crippen molar-refractivity contribution in [2.75, 3.05) is 16.4 Å². The van der Waals surface area contributed by atoms with Crippen LogP contribution in [0.25, 0.3) is 10.9 Å². The van der Waals surface area contributed by atoms with Gasteiger partial charge in [-0.1, -0.05) is 36.4 Å². The number of aromatic amines is 1. The molecule has 0 bridgehead atoms. The van der Waals surface area contributed by atoms with E-state index in [1.54, 1.807) is 0 Å². The Hall–Kier alpha value is -2.53. The van der Waals surface area contributed by atoms with Crippen LogP contribution in [0.5, 0.6) is 0 Å². The number of hydrogen-bond donors (Lipinski definition) is 1. The normalized spacial score (nSPS) is 28.9. The Kier molecular flexibility index (Phi) is 3.51. The third-order valence-electron chi connectivity index (χ3n) is 6.69. The number of imide groups is 1. The van der Waals surface area contributed by atoms with Crippen molar-refractivity contribution in [2.24, 2.45) is 11.8 Å². The van der Waals surface area contributed by atoms with Crippen LogP contribution >= 0.6 is 11.8 Å². The van der Waals surface area contributed by atoms with Crippen molar-refractivity contribution < 1.29 is 9.59 Å². The van der Waals surface area contributed by atoms with Gasteiger partial charge in [-0.3, -0.25) is 9.59 Å². The van der Waals surface area contributed by atoms with E-state index in [-0.39, 0.29) is 23.7 Å². The number of nitrogens with one attached hydrogen (secondary N) is 1. The average Bonchev–Trinajstić information content (AvgIpc) is 3.24. The average molecular weight is 388 g/mol. The van der Waals surface area contributed by atoms with Gasteiger partial charge in [-0.25, -0.2) is 4.90 Å². The number of fused-ring (bicyclic) bond motifs is 8. The van der Waals surface area contributed by atoms with Crippen LogP contribution in [0.15, 0.2) is 54.6 Å². The van der Waals surface area contributed by atoms with Crippen LogP contribution < -0.4 is 4.90 Å². The first-order chi connectivity index (χ1) is 13.8. The summed E-state index contributed by atoms with van der Waals surface area (Å²) in [4.78, 5) is 32.0. The van der Waals surface area contributed by atoms with Crippen LogP contribution in [0.2, 0.25) is 0 Å². The summed E-state index contributed by atoms with van der Waals surface area (Å²) in [6.07, 6.45) is 1.07. The van der Waals surface area contributed by atoms with Crippen molar-refractivity contribution in [3.8, 4) is 0 Å². The fourth-order valence-corrected chi connectivity index (χ4v) is 6.86. The molecule has 2 saturated heterocycles. The highest BCUT2D eigenvalue weighted by Crippen LogP contribution is 2.56. The second-order valence-corrected chi connectivity index (χ2v) is 9.13. The molecule has 3 aliphatic rings. The van der Waals surface area contributed by atoms with Gasteiger partial charge < -0.3 is 4.98 Å². The molecule has 2 fully saturated rings. The lowest BCUT2D eigenvalue weighted by Crippen LogP contribution is -2.39. The van der Waals surface area contributed by atoms with E-state index in [1.807, 2.05) is 48.2 Å². The molecule has 1 N–H and O–H groups in total. The highest BCUT2D eigenvalue weighted by Gasteiger charge is 2.58. The number of rotatable bonds is 1. The summed E-state index contributed by atoms with van der Waals surface area (Å²) in [6.45, 7) is 0. The van der Waals surface area contributed by atoms with Crippen molar-refractivity contribution in [2.45, 2.75) is 18.3 Å². The number of amides is 2. The molecule has 2 aliphatic heterocycles. The lowest BCUT2D eigenvalue weighted by Gasteiger charge is -2.40. The second-order valence-electron chi connectivity index (χ2n) is 7.98. The minimum Gasteiger partial charge on any atom is -0.357 e. The first kappa shape index (κ1) is 16.4. The lowest BCUT2D eigenvalue weighted by atomic mass is 9.66. The van der Waals surface area contributed by atoms with Crippen LogP contribution in [0.1, 0.15) is 29.5 Å². The fourth-order valence-electron chi connectivity index (χ4n) is 5.56. The van der Waals surface area contributed by atoms with E-state index in [1.165, 1.54) is 15.8 Å². The van der Waals surface area contributed by atoms with Crippen LogP contribution in [0.4, 0.5) is 5.69 Å². The molecule has 140 valence electrons. The SMILES string of the molecule is O=C1C2c3[nH]c4ccccc4c3C3CCSCC3C2C(=O)N1c1ccccc1. The number of thioether (sulfide) groups is 1. The van der Waals surface area contributed by atoms with Crippen molar-refractivity contribution in [3.63, 3.8) is 0 Å². The van der Waals surface area contributed by atoms with Gasteiger partial charge in [-0.15, -0.1) is 0 Å². The Morgan fingerprint density at radius 2 is 1.75 bits per heavy atom. The van der Waals surface area contributed by atoms with Crippen molar-refractivity contribution in [1.29, 1.82) is 0 Å². The number of carbonyl (C=O) groups excluding carboxylic acids is 2. The number of nitrogens with zero attached hydrogens (tertiary/aromatic N) is 1. The summed E-state index contributed by atoms with van der Waals surface area (Å²) in [7, 11) is 0. The smallest absolute Gasteiger partial charge is 0.243 e. The Labute approximate surface area is 167 Å². The zero-order valence-electron chi connectivity index (χ0n) is 15.3. The maximum Gasteiger partial charge on any atom is 0.243 e. The molecule has 3 heterocycles. The number of carbonyl (C=O) groups is 2. The van der Waals surface area contributed by atoms with E-state index in [4.69, 9.17) is 0 Å². The summed E-state index contributed by atoms with van der Waals surface area (Å²) < 4.78 is 0. The number of hydrogen-bond acceptors (Lipinski definition) is 3. The molecule has 4 atom stereocenters. The maximum absolute atomic E-state index is 13.5.